The van der Waals surface area contributed by atoms with Gasteiger partial charge in [0.05, 0.1) is 11.1 Å². The molecule has 0 bridgehead atoms. The molecule has 1 amide bonds. The highest BCUT2D eigenvalue weighted by atomic mass is 16.4. The first-order chi connectivity index (χ1) is 10.7. The van der Waals surface area contributed by atoms with Crippen LogP contribution >= 0.6 is 0 Å². The molecule has 6 nitrogen and oxygen atoms in total. The Hall–Kier alpha value is -1.85. The summed E-state index contributed by atoms with van der Waals surface area (Å²) in [5, 5.41) is 13.8. The van der Waals surface area contributed by atoms with Crippen molar-refractivity contribution >= 4 is 11.9 Å². The summed E-state index contributed by atoms with van der Waals surface area (Å²) < 4.78 is 1.84. The summed E-state index contributed by atoms with van der Waals surface area (Å²) in [4.78, 5) is 25.9. The number of hydrogen-bond donors (Lipinski definition) is 1. The third kappa shape index (κ3) is 3.41. The molecule has 6 heteroatoms. The maximum Gasteiger partial charge on any atom is 0.311 e. The van der Waals surface area contributed by atoms with E-state index in [1.807, 2.05) is 32.5 Å². The van der Waals surface area contributed by atoms with E-state index in [1.54, 1.807) is 11.8 Å². The second-order valence-corrected chi connectivity index (χ2v) is 7.11. The zero-order chi connectivity index (χ0) is 17.4. The fraction of sp³-hybridized carbons (Fsp3) is 0.706. The number of amides is 1. The number of carbonyl (C=O) groups is 2. The van der Waals surface area contributed by atoms with Crippen molar-refractivity contribution in [1.29, 1.82) is 0 Å². The Bertz CT molecular complexity index is 623. The van der Waals surface area contributed by atoms with Gasteiger partial charge in [-0.3, -0.25) is 14.3 Å². The predicted octanol–water partition coefficient (Wildman–Crippen LogP) is 1.93. The van der Waals surface area contributed by atoms with E-state index >= 15 is 0 Å². The largest absolute Gasteiger partial charge is 0.481 e. The number of piperidine rings is 1. The van der Waals surface area contributed by atoms with E-state index in [0.29, 0.717) is 25.9 Å². The molecule has 23 heavy (non-hydrogen) atoms. The van der Waals surface area contributed by atoms with Crippen LogP contribution in [0.2, 0.25) is 0 Å². The highest BCUT2D eigenvalue weighted by Gasteiger charge is 2.40. The molecule has 1 fully saturated rings. The lowest BCUT2D eigenvalue weighted by Crippen LogP contribution is -2.50. The average Bonchev–Trinajstić information content (AvgIpc) is 2.72. The van der Waals surface area contributed by atoms with Gasteiger partial charge in [0.2, 0.25) is 5.91 Å². The number of likely N-dealkylation sites (tertiary alicyclic amines) is 1. The first-order valence-corrected chi connectivity index (χ1v) is 8.17. The molecule has 1 aliphatic heterocycles. The molecule has 0 aliphatic carbocycles. The van der Waals surface area contributed by atoms with Gasteiger partial charge in [0.1, 0.15) is 0 Å². The standard InChI is InChI=1S/C17H27N3O3/c1-11(9-14-12(2)18-19(5)13(14)3)15(21)20-8-6-7-17(4,10-20)16(22)23/h11H,6-10H2,1-5H3,(H,22,23). The number of carboxylic acids is 1. The Labute approximate surface area is 137 Å². The number of aromatic nitrogens is 2. The van der Waals surface area contributed by atoms with Gasteiger partial charge in [0.15, 0.2) is 0 Å². The number of aryl methyl sites for hydroxylation is 2. The van der Waals surface area contributed by atoms with Crippen LogP contribution < -0.4 is 0 Å². The first-order valence-electron chi connectivity index (χ1n) is 8.17. The van der Waals surface area contributed by atoms with Gasteiger partial charge in [-0.2, -0.15) is 5.10 Å². The van der Waals surface area contributed by atoms with E-state index in [4.69, 9.17) is 0 Å². The minimum atomic E-state index is -0.826. The molecule has 1 aromatic heterocycles. The summed E-state index contributed by atoms with van der Waals surface area (Å²) in [5.41, 5.74) is 2.33. The number of nitrogens with zero attached hydrogens (tertiary/aromatic N) is 3. The Morgan fingerprint density at radius 1 is 1.39 bits per heavy atom. The van der Waals surface area contributed by atoms with Gasteiger partial charge >= 0.3 is 5.97 Å². The molecule has 0 saturated carbocycles. The Morgan fingerprint density at radius 2 is 2.04 bits per heavy atom. The fourth-order valence-corrected chi connectivity index (χ4v) is 3.42. The molecular formula is C17H27N3O3. The molecule has 0 aromatic carbocycles. The van der Waals surface area contributed by atoms with Gasteiger partial charge in [-0.1, -0.05) is 6.92 Å². The summed E-state index contributed by atoms with van der Waals surface area (Å²) in [6.07, 6.45) is 2.01. The molecule has 0 spiro atoms. The van der Waals surface area contributed by atoms with Crippen LogP contribution in [0.3, 0.4) is 0 Å². The molecule has 2 rings (SSSR count). The Kier molecular flexibility index (Phi) is 4.82. The van der Waals surface area contributed by atoms with Crippen molar-refractivity contribution in [3.63, 3.8) is 0 Å². The molecule has 1 aromatic rings. The highest BCUT2D eigenvalue weighted by molar-refractivity contribution is 5.81. The summed E-state index contributed by atoms with van der Waals surface area (Å²) in [7, 11) is 1.90. The fourth-order valence-electron chi connectivity index (χ4n) is 3.42. The Morgan fingerprint density at radius 3 is 2.57 bits per heavy atom. The Balaban J connectivity index is 2.09. The molecule has 2 heterocycles. The van der Waals surface area contributed by atoms with Crippen molar-refractivity contribution in [3.05, 3.63) is 17.0 Å². The number of rotatable bonds is 4. The van der Waals surface area contributed by atoms with Crippen LogP contribution in [0.4, 0.5) is 0 Å². The van der Waals surface area contributed by atoms with Crippen molar-refractivity contribution in [3.8, 4) is 0 Å². The topological polar surface area (TPSA) is 75.4 Å². The molecule has 1 aliphatic rings. The van der Waals surface area contributed by atoms with Crippen molar-refractivity contribution in [1.82, 2.24) is 14.7 Å². The van der Waals surface area contributed by atoms with Gasteiger partial charge in [0, 0.05) is 31.7 Å². The molecular weight excluding hydrogens is 294 g/mol. The summed E-state index contributed by atoms with van der Waals surface area (Å²) >= 11 is 0. The molecule has 128 valence electrons. The van der Waals surface area contributed by atoms with Crippen LogP contribution in [0.15, 0.2) is 0 Å². The van der Waals surface area contributed by atoms with E-state index in [9.17, 15) is 14.7 Å². The van der Waals surface area contributed by atoms with Crippen molar-refractivity contribution in [2.75, 3.05) is 13.1 Å². The second-order valence-electron chi connectivity index (χ2n) is 7.11. The summed E-state index contributed by atoms with van der Waals surface area (Å²) in [6.45, 7) is 8.57. The highest BCUT2D eigenvalue weighted by Crippen LogP contribution is 2.31. The van der Waals surface area contributed by atoms with Gasteiger partial charge in [-0.05, 0) is 45.6 Å². The molecule has 1 N–H and O–H groups in total. The summed E-state index contributed by atoms with van der Waals surface area (Å²) in [5.74, 6) is -0.950. The number of carboxylic acid groups (broad SMARTS) is 1. The average molecular weight is 321 g/mol. The van der Waals surface area contributed by atoms with E-state index in [-0.39, 0.29) is 11.8 Å². The number of carbonyl (C=O) groups excluding carboxylic acids is 1. The summed E-state index contributed by atoms with van der Waals surface area (Å²) in [6, 6.07) is 0. The van der Waals surface area contributed by atoms with Crippen molar-refractivity contribution in [2.45, 2.75) is 47.0 Å². The lowest BCUT2D eigenvalue weighted by atomic mass is 9.81. The van der Waals surface area contributed by atoms with E-state index in [0.717, 1.165) is 23.4 Å². The monoisotopic (exact) mass is 321 g/mol. The molecule has 2 atom stereocenters. The van der Waals surface area contributed by atoms with Crippen LogP contribution in [-0.2, 0) is 23.1 Å². The van der Waals surface area contributed by atoms with E-state index in [2.05, 4.69) is 5.10 Å². The van der Waals surface area contributed by atoms with Crippen molar-refractivity contribution in [2.24, 2.45) is 18.4 Å². The molecule has 2 unspecified atom stereocenters. The van der Waals surface area contributed by atoms with Crippen LogP contribution in [0.1, 0.15) is 43.6 Å². The molecule has 0 radical (unpaired) electrons. The minimum absolute atomic E-state index is 0.0415. The van der Waals surface area contributed by atoms with Crippen LogP contribution in [0.5, 0.6) is 0 Å². The SMILES string of the molecule is Cc1nn(C)c(C)c1CC(C)C(=O)N1CCCC(C)(C(=O)O)C1. The van der Waals surface area contributed by atoms with Crippen LogP contribution in [0.25, 0.3) is 0 Å². The van der Waals surface area contributed by atoms with Gasteiger partial charge in [-0.15, -0.1) is 0 Å². The number of hydrogen-bond acceptors (Lipinski definition) is 3. The van der Waals surface area contributed by atoms with Crippen molar-refractivity contribution < 1.29 is 14.7 Å². The third-order valence-corrected chi connectivity index (χ3v) is 5.12. The second kappa shape index (κ2) is 6.34. The third-order valence-electron chi connectivity index (χ3n) is 5.12. The van der Waals surface area contributed by atoms with Gasteiger partial charge in [-0.25, -0.2) is 0 Å². The zero-order valence-electron chi connectivity index (χ0n) is 14.7. The van der Waals surface area contributed by atoms with Gasteiger partial charge < -0.3 is 10.0 Å². The maximum absolute atomic E-state index is 12.7. The van der Waals surface area contributed by atoms with Crippen LogP contribution in [-0.4, -0.2) is 44.8 Å². The lowest BCUT2D eigenvalue weighted by Gasteiger charge is -2.38. The first kappa shape index (κ1) is 17.5. The van der Waals surface area contributed by atoms with Crippen LogP contribution in [0, 0.1) is 25.2 Å². The van der Waals surface area contributed by atoms with E-state index in [1.165, 1.54) is 0 Å². The minimum Gasteiger partial charge on any atom is -0.481 e. The zero-order valence-corrected chi connectivity index (χ0v) is 14.7. The van der Waals surface area contributed by atoms with E-state index < -0.39 is 11.4 Å². The molecule has 1 saturated heterocycles. The maximum atomic E-state index is 12.7. The predicted molar refractivity (Wildman–Crippen MR) is 87.1 cm³/mol. The smallest absolute Gasteiger partial charge is 0.311 e. The van der Waals surface area contributed by atoms with Gasteiger partial charge in [0.25, 0.3) is 0 Å². The normalized spacial score (nSPS) is 22.9. The quantitative estimate of drug-likeness (QED) is 0.919. The number of aliphatic carboxylic acids is 1. The lowest BCUT2D eigenvalue weighted by molar-refractivity contribution is -0.154.